The summed E-state index contributed by atoms with van der Waals surface area (Å²) >= 11 is 0. The van der Waals surface area contributed by atoms with Crippen molar-refractivity contribution in [1.29, 1.82) is 0 Å². The fourth-order valence-corrected chi connectivity index (χ4v) is 9.37. The Hall–Kier alpha value is -4.11. The van der Waals surface area contributed by atoms with Gasteiger partial charge in [0.15, 0.2) is 0 Å². The van der Waals surface area contributed by atoms with Gasteiger partial charge in [-0.3, -0.25) is 9.59 Å². The molecule has 2 saturated heterocycles. The zero-order chi connectivity index (χ0) is 34.6. The lowest BCUT2D eigenvalue weighted by molar-refractivity contribution is -0.145. The van der Waals surface area contributed by atoms with Crippen molar-refractivity contribution < 1.29 is 36.0 Å². The van der Waals surface area contributed by atoms with E-state index in [0.29, 0.717) is 36.9 Å². The molecule has 256 valence electrons. The molecule has 12 nitrogen and oxygen atoms in total. The van der Waals surface area contributed by atoms with Crippen LogP contribution in [0.1, 0.15) is 42.4 Å². The molecule has 0 bridgehead atoms. The number of sulfonamides is 2. The molecule has 14 heteroatoms. The van der Waals surface area contributed by atoms with Gasteiger partial charge in [-0.2, -0.15) is 8.61 Å². The second-order valence-corrected chi connectivity index (χ2v) is 15.9. The molecule has 3 aromatic carbocycles. The number of carbonyl (C=O) groups excluding carboxylic acids is 3. The first-order chi connectivity index (χ1) is 22.8. The molecule has 0 aliphatic carbocycles. The minimum absolute atomic E-state index is 0.0509. The minimum Gasteiger partial charge on any atom is -0.467 e. The molecule has 2 aliphatic rings. The van der Waals surface area contributed by atoms with Crippen LogP contribution in [0, 0.1) is 13.8 Å². The van der Waals surface area contributed by atoms with Crippen molar-refractivity contribution in [3.63, 3.8) is 0 Å². The second-order valence-electron chi connectivity index (χ2n) is 12.1. The first-order valence-electron chi connectivity index (χ1n) is 15.8. The van der Waals surface area contributed by atoms with Gasteiger partial charge < -0.3 is 15.4 Å². The van der Waals surface area contributed by atoms with E-state index < -0.39 is 56.0 Å². The zero-order valence-corrected chi connectivity index (χ0v) is 28.7. The SMILES string of the molecule is COC(=O)[C@H](Cc1ccc(NC(=O)[C@@H]2CCCN2S(=O)(=O)c2ccc(C)cc2)cc1)NC(=O)[C@@H]1CCCN1S(=O)(=O)c1ccc(C)cc1. The van der Waals surface area contributed by atoms with Crippen LogP contribution >= 0.6 is 0 Å². The van der Waals surface area contributed by atoms with Crippen molar-refractivity contribution in [1.82, 2.24) is 13.9 Å². The van der Waals surface area contributed by atoms with Gasteiger partial charge in [-0.05, 0) is 81.5 Å². The van der Waals surface area contributed by atoms with Gasteiger partial charge in [0.25, 0.3) is 0 Å². The van der Waals surface area contributed by atoms with Crippen LogP contribution in [0.5, 0.6) is 0 Å². The summed E-state index contributed by atoms with van der Waals surface area (Å²) in [6.45, 7) is 4.14. The quantitative estimate of drug-likeness (QED) is 0.290. The number of benzene rings is 3. The number of rotatable bonds is 11. The van der Waals surface area contributed by atoms with Gasteiger partial charge in [0.05, 0.1) is 16.9 Å². The molecule has 5 rings (SSSR count). The largest absolute Gasteiger partial charge is 0.467 e. The molecule has 48 heavy (non-hydrogen) atoms. The molecule has 2 N–H and O–H groups in total. The average molecular weight is 697 g/mol. The van der Waals surface area contributed by atoms with Crippen LogP contribution in [-0.2, 0) is 45.6 Å². The number of ether oxygens (including phenoxy) is 1. The Morgan fingerprint density at radius 3 is 1.65 bits per heavy atom. The number of nitrogens with one attached hydrogen (secondary N) is 2. The van der Waals surface area contributed by atoms with Crippen LogP contribution in [0.25, 0.3) is 0 Å². The van der Waals surface area contributed by atoms with Gasteiger partial charge in [-0.25, -0.2) is 21.6 Å². The maximum absolute atomic E-state index is 13.4. The van der Waals surface area contributed by atoms with Crippen LogP contribution in [0.4, 0.5) is 5.69 Å². The number of aryl methyl sites for hydroxylation is 2. The van der Waals surface area contributed by atoms with E-state index in [2.05, 4.69) is 10.6 Å². The Labute approximate surface area is 281 Å². The Morgan fingerprint density at radius 2 is 1.19 bits per heavy atom. The summed E-state index contributed by atoms with van der Waals surface area (Å²) in [5, 5.41) is 5.49. The molecule has 2 aliphatic heterocycles. The Kier molecular flexibility index (Phi) is 10.7. The van der Waals surface area contributed by atoms with Crippen molar-refractivity contribution in [2.75, 3.05) is 25.5 Å². The maximum atomic E-state index is 13.4. The van der Waals surface area contributed by atoms with E-state index in [9.17, 15) is 31.2 Å². The van der Waals surface area contributed by atoms with E-state index >= 15 is 0 Å². The Morgan fingerprint density at radius 1 is 0.729 bits per heavy atom. The van der Waals surface area contributed by atoms with Crippen LogP contribution < -0.4 is 10.6 Å². The molecule has 0 aromatic heterocycles. The van der Waals surface area contributed by atoms with Gasteiger partial charge in [0.1, 0.15) is 18.1 Å². The molecule has 3 aromatic rings. The lowest BCUT2D eigenvalue weighted by Gasteiger charge is -2.25. The highest BCUT2D eigenvalue weighted by Crippen LogP contribution is 2.29. The smallest absolute Gasteiger partial charge is 0.328 e. The molecule has 0 spiro atoms. The summed E-state index contributed by atoms with van der Waals surface area (Å²) in [5.74, 6) is -1.73. The lowest BCUT2D eigenvalue weighted by Crippen LogP contribution is -2.51. The number of esters is 1. The molecule has 0 unspecified atom stereocenters. The van der Waals surface area contributed by atoms with Crippen LogP contribution in [0.2, 0.25) is 0 Å². The predicted octanol–water partition coefficient (Wildman–Crippen LogP) is 3.15. The highest BCUT2D eigenvalue weighted by Gasteiger charge is 2.41. The number of hydrogen-bond acceptors (Lipinski definition) is 8. The Balaban J connectivity index is 1.23. The van der Waals surface area contributed by atoms with Crippen molar-refractivity contribution >= 4 is 43.5 Å². The summed E-state index contributed by atoms with van der Waals surface area (Å²) in [6.07, 6.45) is 1.80. The molecule has 0 radical (unpaired) electrons. The van der Waals surface area contributed by atoms with Crippen molar-refractivity contribution in [2.24, 2.45) is 0 Å². The lowest BCUT2D eigenvalue weighted by atomic mass is 10.0. The fraction of sp³-hybridized carbons (Fsp3) is 0.382. The third-order valence-electron chi connectivity index (χ3n) is 8.73. The topological polar surface area (TPSA) is 159 Å². The number of hydrogen-bond donors (Lipinski definition) is 2. The summed E-state index contributed by atoms with van der Waals surface area (Å²) in [6, 6.07) is 16.6. The van der Waals surface area contributed by atoms with Gasteiger partial charge in [-0.15, -0.1) is 0 Å². The molecular formula is C34H40N4O8S2. The minimum atomic E-state index is -3.93. The number of methoxy groups -OCH3 is 1. The third kappa shape index (κ3) is 7.62. The van der Waals surface area contributed by atoms with Gasteiger partial charge in [-0.1, -0.05) is 47.5 Å². The van der Waals surface area contributed by atoms with Crippen molar-refractivity contribution in [2.45, 2.75) is 73.9 Å². The van der Waals surface area contributed by atoms with Gasteiger partial charge >= 0.3 is 5.97 Å². The van der Waals surface area contributed by atoms with E-state index in [1.165, 1.54) is 40.0 Å². The molecule has 0 saturated carbocycles. The second kappa shape index (κ2) is 14.6. The van der Waals surface area contributed by atoms with Crippen molar-refractivity contribution in [3.05, 3.63) is 89.5 Å². The fourth-order valence-electron chi connectivity index (χ4n) is 6.06. The molecular weight excluding hydrogens is 657 g/mol. The van der Waals surface area contributed by atoms with Gasteiger partial charge in [0, 0.05) is 25.2 Å². The average Bonchev–Trinajstić information content (AvgIpc) is 3.77. The number of carbonyl (C=O) groups is 3. The molecule has 3 atom stereocenters. The highest BCUT2D eigenvalue weighted by atomic mass is 32.2. The van der Waals surface area contributed by atoms with Crippen LogP contribution in [0.3, 0.4) is 0 Å². The standard InChI is InChI=1S/C34H40N4O8S2/c1-23-8-16-27(17-9-23)47(42,43)37-20-4-6-30(37)32(39)35-26-14-12-25(13-15-26)22-29(34(41)46-3)36-33(40)31-7-5-21-38(31)48(44,45)28-18-10-24(2)11-19-28/h8-19,29-31H,4-7,20-22H2,1-3H3,(H,35,39)(H,36,40)/t29-,30-,31-/m0/s1. The summed E-state index contributed by atoms with van der Waals surface area (Å²) in [5.41, 5.74) is 2.91. The Bertz CT molecular complexity index is 1860. The summed E-state index contributed by atoms with van der Waals surface area (Å²) in [7, 11) is -6.59. The number of anilines is 1. The first-order valence-corrected chi connectivity index (χ1v) is 18.6. The van der Waals surface area contributed by atoms with Crippen LogP contribution in [0.15, 0.2) is 82.6 Å². The summed E-state index contributed by atoms with van der Waals surface area (Å²) in [4.78, 5) is 39.6. The third-order valence-corrected chi connectivity index (χ3v) is 12.6. The molecule has 2 amide bonds. The predicted molar refractivity (Wildman–Crippen MR) is 179 cm³/mol. The number of amides is 2. The van der Waals surface area contributed by atoms with E-state index in [0.717, 1.165) is 11.1 Å². The van der Waals surface area contributed by atoms with Gasteiger partial charge in [0.2, 0.25) is 31.9 Å². The number of nitrogens with zero attached hydrogens (tertiary/aromatic N) is 2. The highest BCUT2D eigenvalue weighted by molar-refractivity contribution is 7.89. The van der Waals surface area contributed by atoms with Crippen LogP contribution in [-0.4, -0.2) is 81.6 Å². The molecule has 2 heterocycles. The normalized spacial score (nSPS) is 19.5. The van der Waals surface area contributed by atoms with Crippen molar-refractivity contribution in [3.8, 4) is 0 Å². The van der Waals surface area contributed by atoms with E-state index in [1.807, 2.05) is 13.8 Å². The van der Waals surface area contributed by atoms with E-state index in [1.54, 1.807) is 48.5 Å². The molecule has 2 fully saturated rings. The summed E-state index contributed by atoms with van der Waals surface area (Å²) < 4.78 is 60.6. The maximum Gasteiger partial charge on any atom is 0.328 e. The zero-order valence-electron chi connectivity index (χ0n) is 27.1. The van der Waals surface area contributed by atoms with E-state index in [4.69, 9.17) is 4.74 Å². The first kappa shape index (κ1) is 35.2. The van der Waals surface area contributed by atoms with E-state index in [-0.39, 0.29) is 29.3 Å². The monoisotopic (exact) mass is 696 g/mol.